The SMILES string of the molecule is NC1=NN(c2cccc(C(=O)[O-])c2)CC1. The summed E-state index contributed by atoms with van der Waals surface area (Å²) in [6.07, 6.45) is 0.704. The van der Waals surface area contributed by atoms with Crippen LogP contribution in [0.15, 0.2) is 29.4 Å². The van der Waals surface area contributed by atoms with Gasteiger partial charge in [0.05, 0.1) is 11.7 Å². The Hall–Kier alpha value is -2.04. The molecule has 5 nitrogen and oxygen atoms in total. The van der Waals surface area contributed by atoms with E-state index in [1.807, 2.05) is 0 Å². The third kappa shape index (κ3) is 1.90. The summed E-state index contributed by atoms with van der Waals surface area (Å²) >= 11 is 0. The Kier molecular flexibility index (Phi) is 2.29. The molecule has 2 rings (SSSR count). The van der Waals surface area contributed by atoms with Crippen molar-refractivity contribution in [1.29, 1.82) is 0 Å². The van der Waals surface area contributed by atoms with Crippen molar-refractivity contribution < 1.29 is 9.90 Å². The third-order valence-corrected chi connectivity index (χ3v) is 2.21. The number of aromatic carboxylic acids is 1. The average molecular weight is 204 g/mol. The number of amidine groups is 1. The van der Waals surface area contributed by atoms with Crippen LogP contribution in [0, 0.1) is 0 Å². The molecule has 1 aromatic rings. The predicted molar refractivity (Wildman–Crippen MR) is 54.4 cm³/mol. The molecule has 0 spiro atoms. The Morgan fingerprint density at radius 2 is 2.33 bits per heavy atom. The van der Waals surface area contributed by atoms with E-state index in [9.17, 15) is 9.90 Å². The smallest absolute Gasteiger partial charge is 0.122 e. The van der Waals surface area contributed by atoms with Crippen LogP contribution in [0.3, 0.4) is 0 Å². The summed E-state index contributed by atoms with van der Waals surface area (Å²) in [5.41, 5.74) is 6.41. The van der Waals surface area contributed by atoms with Crippen molar-refractivity contribution in [3.8, 4) is 0 Å². The largest absolute Gasteiger partial charge is 0.545 e. The molecule has 1 aromatic carbocycles. The first-order valence-electron chi connectivity index (χ1n) is 4.59. The van der Waals surface area contributed by atoms with Gasteiger partial charge in [0.1, 0.15) is 5.84 Å². The minimum Gasteiger partial charge on any atom is -0.545 e. The zero-order chi connectivity index (χ0) is 10.8. The molecule has 1 aliphatic rings. The Morgan fingerprint density at radius 1 is 1.53 bits per heavy atom. The van der Waals surface area contributed by atoms with Crippen LogP contribution in [0.5, 0.6) is 0 Å². The molecule has 0 amide bonds. The fraction of sp³-hybridized carbons (Fsp3) is 0.200. The van der Waals surface area contributed by atoms with Crippen molar-refractivity contribution in [1.82, 2.24) is 0 Å². The number of nitrogens with zero attached hydrogens (tertiary/aromatic N) is 2. The number of carboxylic acids is 1. The van der Waals surface area contributed by atoms with E-state index in [0.29, 0.717) is 18.8 Å². The van der Waals surface area contributed by atoms with Crippen molar-refractivity contribution >= 4 is 17.5 Å². The highest BCUT2D eigenvalue weighted by Gasteiger charge is 2.13. The Morgan fingerprint density at radius 3 is 2.93 bits per heavy atom. The zero-order valence-corrected chi connectivity index (χ0v) is 8.01. The molecule has 0 fully saturated rings. The van der Waals surface area contributed by atoms with Crippen LogP contribution in [0.1, 0.15) is 16.8 Å². The van der Waals surface area contributed by atoms with E-state index in [0.717, 1.165) is 5.69 Å². The van der Waals surface area contributed by atoms with Crippen LogP contribution in [0.25, 0.3) is 0 Å². The second-order valence-corrected chi connectivity index (χ2v) is 3.30. The van der Waals surface area contributed by atoms with E-state index < -0.39 is 5.97 Å². The van der Waals surface area contributed by atoms with E-state index >= 15 is 0 Å². The van der Waals surface area contributed by atoms with Crippen LogP contribution >= 0.6 is 0 Å². The minimum atomic E-state index is -1.19. The fourth-order valence-electron chi connectivity index (χ4n) is 1.46. The first kappa shape index (κ1) is 9.51. The van der Waals surface area contributed by atoms with Gasteiger partial charge in [-0.1, -0.05) is 12.1 Å². The van der Waals surface area contributed by atoms with E-state index in [2.05, 4.69) is 5.10 Å². The molecule has 0 atom stereocenters. The van der Waals surface area contributed by atoms with Gasteiger partial charge in [-0.15, -0.1) is 0 Å². The lowest BCUT2D eigenvalue weighted by Gasteiger charge is -2.14. The van der Waals surface area contributed by atoms with Gasteiger partial charge < -0.3 is 15.6 Å². The van der Waals surface area contributed by atoms with Crippen molar-refractivity contribution in [3.05, 3.63) is 29.8 Å². The van der Waals surface area contributed by atoms with Crippen molar-refractivity contribution in [3.63, 3.8) is 0 Å². The van der Waals surface area contributed by atoms with Gasteiger partial charge in [0.2, 0.25) is 0 Å². The standard InChI is InChI=1S/C10H11N3O2/c11-9-4-5-13(12-9)8-3-1-2-7(6-8)10(14)15/h1-3,6H,4-5H2,(H2,11,12)(H,14,15)/p-1. The molecular weight excluding hydrogens is 194 g/mol. The number of nitrogens with two attached hydrogens (primary N) is 1. The normalized spacial score (nSPS) is 15.2. The van der Waals surface area contributed by atoms with Gasteiger partial charge in [0, 0.05) is 13.0 Å². The monoisotopic (exact) mass is 204 g/mol. The summed E-state index contributed by atoms with van der Waals surface area (Å²) in [4.78, 5) is 10.6. The van der Waals surface area contributed by atoms with Crippen LogP contribution in [0.4, 0.5) is 5.69 Å². The lowest BCUT2D eigenvalue weighted by molar-refractivity contribution is -0.255. The highest BCUT2D eigenvalue weighted by atomic mass is 16.4. The summed E-state index contributed by atoms with van der Waals surface area (Å²) in [6.45, 7) is 0.683. The maximum absolute atomic E-state index is 10.6. The number of anilines is 1. The Bertz CT molecular complexity index is 428. The van der Waals surface area contributed by atoms with Gasteiger partial charge in [-0.2, -0.15) is 5.10 Å². The molecule has 0 bridgehead atoms. The van der Waals surface area contributed by atoms with Gasteiger partial charge in [-0.3, -0.25) is 5.01 Å². The van der Waals surface area contributed by atoms with Gasteiger partial charge in [0.15, 0.2) is 0 Å². The maximum atomic E-state index is 10.6. The number of carbonyl (C=O) groups is 1. The van der Waals surface area contributed by atoms with E-state index in [1.54, 1.807) is 17.1 Å². The van der Waals surface area contributed by atoms with E-state index in [-0.39, 0.29) is 5.56 Å². The number of hydrogen-bond acceptors (Lipinski definition) is 5. The maximum Gasteiger partial charge on any atom is 0.122 e. The molecule has 0 aliphatic carbocycles. The molecule has 78 valence electrons. The molecular formula is C10H10N3O2-. The first-order chi connectivity index (χ1) is 7.16. The molecule has 0 radical (unpaired) electrons. The van der Waals surface area contributed by atoms with Crippen molar-refractivity contribution in [2.75, 3.05) is 11.6 Å². The number of benzene rings is 1. The Labute approximate surface area is 86.8 Å². The van der Waals surface area contributed by atoms with Crippen LogP contribution in [-0.4, -0.2) is 18.3 Å². The predicted octanol–water partition coefficient (Wildman–Crippen LogP) is -0.468. The second-order valence-electron chi connectivity index (χ2n) is 3.30. The number of hydrazone groups is 1. The first-order valence-corrected chi connectivity index (χ1v) is 4.59. The third-order valence-electron chi connectivity index (χ3n) is 2.21. The quantitative estimate of drug-likeness (QED) is 0.706. The topological polar surface area (TPSA) is 81.8 Å². The summed E-state index contributed by atoms with van der Waals surface area (Å²) in [7, 11) is 0. The number of carboxylic acid groups (broad SMARTS) is 1. The van der Waals surface area contributed by atoms with E-state index in [1.165, 1.54) is 12.1 Å². The summed E-state index contributed by atoms with van der Waals surface area (Å²) in [5, 5.41) is 16.4. The molecule has 0 aromatic heterocycles. The van der Waals surface area contributed by atoms with Crippen molar-refractivity contribution in [2.24, 2.45) is 10.8 Å². The zero-order valence-electron chi connectivity index (χ0n) is 8.01. The molecule has 2 N–H and O–H groups in total. The lowest BCUT2D eigenvalue weighted by atomic mass is 10.2. The summed E-state index contributed by atoms with van der Waals surface area (Å²) in [6, 6.07) is 6.46. The second kappa shape index (κ2) is 3.61. The fourth-order valence-corrected chi connectivity index (χ4v) is 1.46. The van der Waals surface area contributed by atoms with Crippen molar-refractivity contribution in [2.45, 2.75) is 6.42 Å². The summed E-state index contributed by atoms with van der Waals surface area (Å²) < 4.78 is 0. The van der Waals surface area contributed by atoms with Crippen LogP contribution in [0.2, 0.25) is 0 Å². The number of hydrogen-bond donors (Lipinski definition) is 1. The van der Waals surface area contributed by atoms with E-state index in [4.69, 9.17) is 5.73 Å². The highest BCUT2D eigenvalue weighted by molar-refractivity contribution is 5.88. The summed E-state index contributed by atoms with van der Waals surface area (Å²) in [5.74, 6) is -0.623. The minimum absolute atomic E-state index is 0.146. The molecule has 0 saturated heterocycles. The molecule has 5 heteroatoms. The van der Waals surface area contributed by atoms with Crippen LogP contribution < -0.4 is 15.8 Å². The molecule has 1 heterocycles. The molecule has 1 aliphatic heterocycles. The van der Waals surface area contributed by atoms with Gasteiger partial charge in [-0.25, -0.2) is 0 Å². The molecule has 15 heavy (non-hydrogen) atoms. The highest BCUT2D eigenvalue weighted by Crippen LogP contribution is 2.19. The van der Waals surface area contributed by atoms with Gasteiger partial charge in [-0.05, 0) is 17.7 Å². The Balaban J connectivity index is 2.29. The molecule has 0 unspecified atom stereocenters. The molecule has 0 saturated carbocycles. The lowest BCUT2D eigenvalue weighted by Crippen LogP contribution is -2.22. The average Bonchev–Trinajstić information content (AvgIpc) is 2.65. The number of rotatable bonds is 2. The number of carbonyl (C=O) groups excluding carboxylic acids is 1. The van der Waals surface area contributed by atoms with Crippen LogP contribution in [-0.2, 0) is 0 Å². The van der Waals surface area contributed by atoms with Gasteiger partial charge >= 0.3 is 0 Å². The van der Waals surface area contributed by atoms with Gasteiger partial charge in [0.25, 0.3) is 0 Å².